The molecule has 1 saturated carbocycles. The van der Waals surface area contributed by atoms with Crippen LogP contribution < -0.4 is 5.48 Å². The Bertz CT molecular complexity index is 501. The minimum Gasteiger partial charge on any atom is -0.376 e. The Morgan fingerprint density at radius 3 is 2.60 bits per heavy atom. The third-order valence-corrected chi connectivity index (χ3v) is 6.22. The zero-order chi connectivity index (χ0) is 18.0. The van der Waals surface area contributed by atoms with Crippen molar-refractivity contribution < 1.29 is 19.5 Å². The minimum absolute atomic E-state index is 0.0184. The molecule has 3 aliphatic rings. The summed E-state index contributed by atoms with van der Waals surface area (Å²) in [5.41, 5.74) is 1.76. The number of likely N-dealkylation sites (tertiary alicyclic amines) is 1. The molecule has 7 heteroatoms. The summed E-state index contributed by atoms with van der Waals surface area (Å²) in [5.74, 6) is -0.267. The molecule has 3 rings (SSSR count). The molecule has 3 amide bonds. The number of nitrogens with zero attached hydrogens (tertiary/aromatic N) is 2. The maximum atomic E-state index is 13.1. The molecule has 2 saturated heterocycles. The van der Waals surface area contributed by atoms with Crippen molar-refractivity contribution >= 4 is 11.9 Å². The van der Waals surface area contributed by atoms with Gasteiger partial charge in [0.1, 0.15) is 0 Å². The van der Waals surface area contributed by atoms with Gasteiger partial charge in [-0.2, -0.15) is 0 Å². The van der Waals surface area contributed by atoms with Crippen molar-refractivity contribution in [3.63, 3.8) is 0 Å². The summed E-state index contributed by atoms with van der Waals surface area (Å²) in [5, 5.41) is 8.87. The van der Waals surface area contributed by atoms with E-state index in [1.807, 2.05) is 16.7 Å². The Balaban J connectivity index is 1.67. The molecule has 0 spiro atoms. The van der Waals surface area contributed by atoms with E-state index in [1.54, 1.807) is 5.48 Å². The molecule has 2 aliphatic heterocycles. The van der Waals surface area contributed by atoms with Crippen LogP contribution in [0, 0.1) is 11.8 Å². The third-order valence-electron chi connectivity index (χ3n) is 6.22. The van der Waals surface area contributed by atoms with E-state index in [-0.39, 0.29) is 35.9 Å². The highest BCUT2D eigenvalue weighted by molar-refractivity contribution is 5.77. The lowest BCUT2D eigenvalue weighted by atomic mass is 9.79. The van der Waals surface area contributed by atoms with E-state index in [4.69, 9.17) is 9.94 Å². The van der Waals surface area contributed by atoms with Crippen LogP contribution in [0.2, 0.25) is 0 Å². The highest BCUT2D eigenvalue weighted by atomic mass is 16.5. The molecule has 2 N–H and O–H groups in total. The van der Waals surface area contributed by atoms with Crippen molar-refractivity contribution in [3.05, 3.63) is 0 Å². The summed E-state index contributed by atoms with van der Waals surface area (Å²) < 4.78 is 6.06. The Morgan fingerprint density at radius 1 is 1.08 bits per heavy atom. The van der Waals surface area contributed by atoms with Crippen molar-refractivity contribution in [1.82, 2.24) is 15.3 Å². The summed E-state index contributed by atoms with van der Waals surface area (Å²) in [6, 6.07) is 0.480. The Labute approximate surface area is 149 Å². The van der Waals surface area contributed by atoms with Crippen molar-refractivity contribution in [2.24, 2.45) is 11.8 Å². The average molecular weight is 353 g/mol. The van der Waals surface area contributed by atoms with E-state index in [9.17, 15) is 9.59 Å². The van der Waals surface area contributed by atoms with E-state index in [0.717, 1.165) is 32.2 Å². The monoisotopic (exact) mass is 353 g/mol. The van der Waals surface area contributed by atoms with Gasteiger partial charge in [0.05, 0.1) is 18.8 Å². The summed E-state index contributed by atoms with van der Waals surface area (Å²) in [7, 11) is 0. The van der Waals surface area contributed by atoms with Gasteiger partial charge in [0.15, 0.2) is 0 Å². The molecular formula is C18H31N3O4. The van der Waals surface area contributed by atoms with Crippen molar-refractivity contribution in [3.8, 4) is 0 Å². The van der Waals surface area contributed by atoms with Gasteiger partial charge in [-0.05, 0) is 52.4 Å². The highest BCUT2D eigenvalue weighted by Crippen LogP contribution is 2.35. The lowest BCUT2D eigenvalue weighted by Gasteiger charge is -2.40. The van der Waals surface area contributed by atoms with Gasteiger partial charge in [-0.3, -0.25) is 10.0 Å². The first-order valence-electron chi connectivity index (χ1n) is 9.64. The van der Waals surface area contributed by atoms with Crippen molar-refractivity contribution in [2.45, 2.75) is 70.6 Å². The molecular weight excluding hydrogens is 322 g/mol. The van der Waals surface area contributed by atoms with Crippen LogP contribution in [0.3, 0.4) is 0 Å². The van der Waals surface area contributed by atoms with Crippen LogP contribution in [-0.4, -0.2) is 64.8 Å². The van der Waals surface area contributed by atoms with E-state index < -0.39 is 0 Å². The third kappa shape index (κ3) is 3.92. The molecule has 4 unspecified atom stereocenters. The first-order chi connectivity index (χ1) is 12.0. The van der Waals surface area contributed by atoms with Gasteiger partial charge < -0.3 is 14.5 Å². The van der Waals surface area contributed by atoms with Crippen LogP contribution in [-0.2, 0) is 9.53 Å². The van der Waals surface area contributed by atoms with Crippen molar-refractivity contribution in [1.29, 1.82) is 0 Å². The standard InChI is InChI=1S/C18H31N3O4/c1-12-5-3-4-8-20(12)18(23)21-10-15-7-6-14(17(22)19-24)9-16(15)25-11-13(21)2/h12-16,24H,3-11H2,1-2H3,(H,19,22)/t12?,13-,14?,15?,16?/m0/s1. The van der Waals surface area contributed by atoms with Gasteiger partial charge in [-0.25, -0.2) is 10.3 Å². The molecule has 0 aromatic rings. The lowest BCUT2D eigenvalue weighted by molar-refractivity contribution is -0.137. The predicted molar refractivity (Wildman–Crippen MR) is 92.1 cm³/mol. The molecule has 3 fully saturated rings. The fourth-order valence-electron chi connectivity index (χ4n) is 4.53. The number of urea groups is 1. The SMILES string of the molecule is CC1CCCCN1C(=O)N1CC2CCC(C(=O)NO)CC2OC[C@@H]1C. The van der Waals surface area contributed by atoms with Gasteiger partial charge >= 0.3 is 6.03 Å². The molecule has 0 radical (unpaired) electrons. The lowest BCUT2D eigenvalue weighted by Crippen LogP contribution is -2.53. The van der Waals surface area contributed by atoms with Gasteiger partial charge in [-0.1, -0.05) is 0 Å². The maximum absolute atomic E-state index is 13.1. The molecule has 0 aromatic carbocycles. The topological polar surface area (TPSA) is 82.1 Å². The maximum Gasteiger partial charge on any atom is 0.320 e. The number of carbonyl (C=O) groups excluding carboxylic acids is 2. The number of ether oxygens (including phenoxy) is 1. The first-order valence-corrected chi connectivity index (χ1v) is 9.64. The molecule has 2 heterocycles. The Kier molecular flexibility index (Phi) is 5.84. The fraction of sp³-hybridized carbons (Fsp3) is 0.889. The fourth-order valence-corrected chi connectivity index (χ4v) is 4.53. The van der Waals surface area contributed by atoms with E-state index in [0.29, 0.717) is 25.6 Å². The number of hydrogen-bond acceptors (Lipinski definition) is 4. The quantitative estimate of drug-likeness (QED) is 0.558. The average Bonchev–Trinajstić information content (AvgIpc) is 2.79. The van der Waals surface area contributed by atoms with Gasteiger partial charge in [-0.15, -0.1) is 0 Å². The Morgan fingerprint density at radius 2 is 1.88 bits per heavy atom. The summed E-state index contributed by atoms with van der Waals surface area (Å²) in [6.45, 7) is 6.22. The zero-order valence-corrected chi connectivity index (χ0v) is 15.3. The molecule has 0 bridgehead atoms. The second-order valence-electron chi connectivity index (χ2n) is 7.94. The molecule has 7 nitrogen and oxygen atoms in total. The second kappa shape index (κ2) is 7.91. The van der Waals surface area contributed by atoms with Crippen LogP contribution in [0.15, 0.2) is 0 Å². The van der Waals surface area contributed by atoms with Gasteiger partial charge in [0.25, 0.3) is 0 Å². The number of carbonyl (C=O) groups is 2. The number of rotatable bonds is 1. The summed E-state index contributed by atoms with van der Waals surface area (Å²) in [6.07, 6.45) is 5.53. The molecule has 142 valence electrons. The molecule has 0 aromatic heterocycles. The highest BCUT2D eigenvalue weighted by Gasteiger charge is 2.40. The predicted octanol–water partition coefficient (Wildman–Crippen LogP) is 1.99. The van der Waals surface area contributed by atoms with Gasteiger partial charge in [0.2, 0.25) is 5.91 Å². The van der Waals surface area contributed by atoms with Crippen molar-refractivity contribution in [2.75, 3.05) is 19.7 Å². The van der Waals surface area contributed by atoms with Crippen LogP contribution in [0.5, 0.6) is 0 Å². The summed E-state index contributed by atoms with van der Waals surface area (Å²) in [4.78, 5) is 28.8. The van der Waals surface area contributed by atoms with Crippen LogP contribution in [0.25, 0.3) is 0 Å². The number of amides is 3. The zero-order valence-electron chi connectivity index (χ0n) is 15.3. The number of nitrogens with one attached hydrogen (secondary N) is 1. The van der Waals surface area contributed by atoms with E-state index in [2.05, 4.69) is 6.92 Å². The van der Waals surface area contributed by atoms with Crippen LogP contribution in [0.1, 0.15) is 52.4 Å². The molecule has 5 atom stereocenters. The first kappa shape index (κ1) is 18.5. The van der Waals surface area contributed by atoms with Gasteiger partial charge in [0, 0.05) is 31.0 Å². The largest absolute Gasteiger partial charge is 0.376 e. The Hall–Kier alpha value is -1.34. The number of fused-ring (bicyclic) bond motifs is 1. The number of hydrogen-bond donors (Lipinski definition) is 2. The van der Waals surface area contributed by atoms with E-state index in [1.165, 1.54) is 6.42 Å². The number of piperidine rings is 1. The van der Waals surface area contributed by atoms with Crippen LogP contribution in [0.4, 0.5) is 4.79 Å². The minimum atomic E-state index is -0.325. The smallest absolute Gasteiger partial charge is 0.320 e. The molecule has 25 heavy (non-hydrogen) atoms. The number of hydroxylamine groups is 1. The normalized spacial score (nSPS) is 36.4. The summed E-state index contributed by atoms with van der Waals surface area (Å²) >= 11 is 0. The second-order valence-corrected chi connectivity index (χ2v) is 7.94. The molecule has 1 aliphatic carbocycles. The van der Waals surface area contributed by atoms with Crippen LogP contribution >= 0.6 is 0 Å². The van der Waals surface area contributed by atoms with E-state index >= 15 is 0 Å².